The molecule has 0 radical (unpaired) electrons. The topological polar surface area (TPSA) is 50.9 Å². The van der Waals surface area contributed by atoms with E-state index < -0.39 is 0 Å². The van der Waals surface area contributed by atoms with E-state index in [2.05, 4.69) is 10.1 Å². The molecule has 0 atom stereocenters. The van der Waals surface area contributed by atoms with Gasteiger partial charge >= 0.3 is 0 Å². The lowest BCUT2D eigenvalue weighted by molar-refractivity contribution is 0.270. The highest BCUT2D eigenvalue weighted by atomic mass is 16.3. The van der Waals surface area contributed by atoms with E-state index in [0.29, 0.717) is 0 Å². The van der Waals surface area contributed by atoms with E-state index in [-0.39, 0.29) is 6.61 Å². The van der Waals surface area contributed by atoms with Crippen molar-refractivity contribution < 1.29 is 5.11 Å². The standard InChI is InChI=1S/C10H11N3O/c1-13-9(7-14)5-10(12-13)8-3-2-4-11-6-8/h2-6,14H,7H2,1H3. The van der Waals surface area contributed by atoms with Gasteiger partial charge < -0.3 is 5.11 Å². The van der Waals surface area contributed by atoms with E-state index in [0.717, 1.165) is 17.0 Å². The monoisotopic (exact) mass is 189 g/mol. The summed E-state index contributed by atoms with van der Waals surface area (Å²) in [5.74, 6) is 0. The molecule has 0 aromatic carbocycles. The average Bonchev–Trinajstić information content (AvgIpc) is 2.61. The van der Waals surface area contributed by atoms with Crippen molar-refractivity contribution in [2.75, 3.05) is 0 Å². The highest BCUT2D eigenvalue weighted by Crippen LogP contribution is 2.16. The lowest BCUT2D eigenvalue weighted by atomic mass is 10.2. The maximum absolute atomic E-state index is 9.00. The number of aromatic nitrogens is 3. The summed E-state index contributed by atoms with van der Waals surface area (Å²) < 4.78 is 1.67. The molecule has 2 aromatic heterocycles. The van der Waals surface area contributed by atoms with Gasteiger partial charge in [-0.3, -0.25) is 9.67 Å². The third-order valence-electron chi connectivity index (χ3n) is 2.10. The van der Waals surface area contributed by atoms with Gasteiger partial charge in [-0.1, -0.05) is 0 Å². The average molecular weight is 189 g/mol. The van der Waals surface area contributed by atoms with Gasteiger partial charge in [-0.05, 0) is 18.2 Å². The quantitative estimate of drug-likeness (QED) is 0.766. The summed E-state index contributed by atoms with van der Waals surface area (Å²) in [6.45, 7) is 0.00373. The first kappa shape index (κ1) is 8.90. The number of nitrogens with zero attached hydrogens (tertiary/aromatic N) is 3. The van der Waals surface area contributed by atoms with Crippen LogP contribution in [0.5, 0.6) is 0 Å². The summed E-state index contributed by atoms with van der Waals surface area (Å²) in [5, 5.41) is 13.3. The fourth-order valence-corrected chi connectivity index (χ4v) is 1.31. The second kappa shape index (κ2) is 3.59. The largest absolute Gasteiger partial charge is 0.390 e. The maximum atomic E-state index is 9.00. The van der Waals surface area contributed by atoms with Crippen molar-refractivity contribution in [3.8, 4) is 11.3 Å². The zero-order valence-corrected chi connectivity index (χ0v) is 7.88. The molecule has 0 aliphatic carbocycles. The lowest BCUT2D eigenvalue weighted by Crippen LogP contribution is -1.96. The normalized spacial score (nSPS) is 10.4. The first-order valence-corrected chi connectivity index (χ1v) is 4.35. The molecular weight excluding hydrogens is 178 g/mol. The Morgan fingerprint density at radius 1 is 1.50 bits per heavy atom. The number of hydrogen-bond acceptors (Lipinski definition) is 3. The van der Waals surface area contributed by atoms with Crippen LogP contribution < -0.4 is 0 Å². The van der Waals surface area contributed by atoms with Crippen LogP contribution in [0.25, 0.3) is 11.3 Å². The highest BCUT2D eigenvalue weighted by Gasteiger charge is 2.05. The Balaban J connectivity index is 2.43. The van der Waals surface area contributed by atoms with Crippen LogP contribution in [-0.2, 0) is 13.7 Å². The molecule has 0 aliphatic heterocycles. The van der Waals surface area contributed by atoms with E-state index in [1.807, 2.05) is 25.2 Å². The number of pyridine rings is 1. The minimum atomic E-state index is 0.00373. The molecule has 0 bridgehead atoms. The molecule has 72 valence electrons. The molecule has 14 heavy (non-hydrogen) atoms. The summed E-state index contributed by atoms with van der Waals surface area (Å²) in [5.41, 5.74) is 2.59. The van der Waals surface area contributed by atoms with Gasteiger partial charge in [0, 0.05) is 25.0 Å². The second-order valence-electron chi connectivity index (χ2n) is 3.04. The van der Waals surface area contributed by atoms with Gasteiger partial charge in [-0.15, -0.1) is 0 Å². The summed E-state index contributed by atoms with van der Waals surface area (Å²) in [6, 6.07) is 5.66. The molecule has 4 heteroatoms. The van der Waals surface area contributed by atoms with Crippen molar-refractivity contribution in [1.29, 1.82) is 0 Å². The summed E-state index contributed by atoms with van der Waals surface area (Å²) in [6.07, 6.45) is 3.48. The summed E-state index contributed by atoms with van der Waals surface area (Å²) in [7, 11) is 1.81. The zero-order chi connectivity index (χ0) is 9.97. The number of aliphatic hydroxyl groups is 1. The van der Waals surface area contributed by atoms with Crippen molar-refractivity contribution in [2.24, 2.45) is 7.05 Å². The Labute approximate surface area is 81.8 Å². The Bertz CT molecular complexity index is 422. The molecule has 0 unspecified atom stereocenters. The van der Waals surface area contributed by atoms with Gasteiger partial charge in [0.15, 0.2) is 0 Å². The summed E-state index contributed by atoms with van der Waals surface area (Å²) >= 11 is 0. The molecule has 0 spiro atoms. The third-order valence-corrected chi connectivity index (χ3v) is 2.10. The SMILES string of the molecule is Cn1nc(-c2cccnc2)cc1CO. The molecule has 0 saturated heterocycles. The van der Waals surface area contributed by atoms with Gasteiger partial charge in [-0.25, -0.2) is 0 Å². The number of aryl methyl sites for hydroxylation is 1. The van der Waals surface area contributed by atoms with E-state index in [1.54, 1.807) is 17.1 Å². The van der Waals surface area contributed by atoms with Crippen LogP contribution in [0.3, 0.4) is 0 Å². The molecule has 2 rings (SSSR count). The molecule has 0 amide bonds. The first-order valence-electron chi connectivity index (χ1n) is 4.35. The molecule has 0 saturated carbocycles. The van der Waals surface area contributed by atoms with Gasteiger partial charge in [0.2, 0.25) is 0 Å². The fourth-order valence-electron chi connectivity index (χ4n) is 1.31. The maximum Gasteiger partial charge on any atom is 0.0942 e. The van der Waals surface area contributed by atoms with Gasteiger partial charge in [-0.2, -0.15) is 5.10 Å². The first-order chi connectivity index (χ1) is 6.81. The Morgan fingerprint density at radius 2 is 2.36 bits per heavy atom. The van der Waals surface area contributed by atoms with Crippen LogP contribution in [0, 0.1) is 0 Å². The predicted molar refractivity (Wildman–Crippen MR) is 52.4 cm³/mol. The Hall–Kier alpha value is -1.68. The van der Waals surface area contributed by atoms with E-state index >= 15 is 0 Å². The van der Waals surface area contributed by atoms with Crippen molar-refractivity contribution >= 4 is 0 Å². The van der Waals surface area contributed by atoms with Crippen LogP contribution in [0.2, 0.25) is 0 Å². The fraction of sp³-hybridized carbons (Fsp3) is 0.200. The number of aliphatic hydroxyl groups excluding tert-OH is 1. The van der Waals surface area contributed by atoms with Crippen LogP contribution in [0.1, 0.15) is 5.69 Å². The van der Waals surface area contributed by atoms with Crippen molar-refractivity contribution in [2.45, 2.75) is 6.61 Å². The van der Waals surface area contributed by atoms with Crippen molar-refractivity contribution in [3.05, 3.63) is 36.3 Å². The molecular formula is C10H11N3O. The van der Waals surface area contributed by atoms with Gasteiger partial charge in [0.25, 0.3) is 0 Å². The van der Waals surface area contributed by atoms with Crippen LogP contribution in [0.15, 0.2) is 30.6 Å². The minimum Gasteiger partial charge on any atom is -0.390 e. The zero-order valence-electron chi connectivity index (χ0n) is 7.88. The van der Waals surface area contributed by atoms with E-state index in [4.69, 9.17) is 5.11 Å². The molecule has 2 heterocycles. The van der Waals surface area contributed by atoms with Gasteiger partial charge in [0.05, 0.1) is 18.0 Å². The minimum absolute atomic E-state index is 0.00373. The molecule has 2 aromatic rings. The second-order valence-corrected chi connectivity index (χ2v) is 3.04. The molecule has 4 nitrogen and oxygen atoms in total. The van der Waals surface area contributed by atoms with E-state index in [1.165, 1.54) is 0 Å². The Kier molecular flexibility index (Phi) is 2.28. The van der Waals surface area contributed by atoms with Crippen molar-refractivity contribution in [1.82, 2.24) is 14.8 Å². The van der Waals surface area contributed by atoms with Crippen LogP contribution >= 0.6 is 0 Å². The Morgan fingerprint density at radius 3 is 2.93 bits per heavy atom. The molecule has 1 N–H and O–H groups in total. The number of hydrogen-bond donors (Lipinski definition) is 1. The van der Waals surface area contributed by atoms with Gasteiger partial charge in [0.1, 0.15) is 0 Å². The van der Waals surface area contributed by atoms with E-state index in [9.17, 15) is 0 Å². The number of rotatable bonds is 2. The smallest absolute Gasteiger partial charge is 0.0942 e. The predicted octanol–water partition coefficient (Wildman–Crippen LogP) is 0.974. The van der Waals surface area contributed by atoms with Crippen LogP contribution in [0.4, 0.5) is 0 Å². The molecule has 0 aliphatic rings. The lowest BCUT2D eigenvalue weighted by Gasteiger charge is -1.93. The highest BCUT2D eigenvalue weighted by molar-refractivity contribution is 5.57. The van der Waals surface area contributed by atoms with Crippen LogP contribution in [-0.4, -0.2) is 19.9 Å². The van der Waals surface area contributed by atoms with Crippen molar-refractivity contribution in [3.63, 3.8) is 0 Å². The summed E-state index contributed by atoms with van der Waals surface area (Å²) in [4.78, 5) is 4.01. The third kappa shape index (κ3) is 1.52. The molecule has 0 fully saturated rings.